The van der Waals surface area contributed by atoms with E-state index in [4.69, 9.17) is 10.5 Å². The lowest BCUT2D eigenvalue weighted by Crippen LogP contribution is -2.04. The van der Waals surface area contributed by atoms with Gasteiger partial charge in [0.2, 0.25) is 0 Å². The minimum atomic E-state index is 0.558. The minimum Gasteiger partial charge on any atom is -0.490 e. The van der Waals surface area contributed by atoms with Gasteiger partial charge in [-0.2, -0.15) is 0 Å². The van der Waals surface area contributed by atoms with Crippen molar-refractivity contribution in [2.45, 2.75) is 6.92 Å². The SMILES string of the molecule is CCOc1cccnc1NC/C=C/CN. The molecule has 0 aliphatic carbocycles. The zero-order valence-electron chi connectivity index (χ0n) is 8.94. The maximum absolute atomic E-state index is 5.42. The fourth-order valence-corrected chi connectivity index (χ4v) is 1.13. The summed E-state index contributed by atoms with van der Waals surface area (Å²) in [6.45, 7) is 3.85. The van der Waals surface area contributed by atoms with Gasteiger partial charge in [0.1, 0.15) is 0 Å². The molecule has 3 N–H and O–H groups in total. The summed E-state index contributed by atoms with van der Waals surface area (Å²) in [5.74, 6) is 1.54. The monoisotopic (exact) mass is 207 g/mol. The van der Waals surface area contributed by atoms with Crippen LogP contribution in [0, 0.1) is 0 Å². The molecule has 0 atom stereocenters. The van der Waals surface area contributed by atoms with Crippen LogP contribution in [0.25, 0.3) is 0 Å². The van der Waals surface area contributed by atoms with Gasteiger partial charge < -0.3 is 15.8 Å². The van der Waals surface area contributed by atoms with Crippen molar-refractivity contribution >= 4 is 5.82 Å². The second-order valence-corrected chi connectivity index (χ2v) is 2.87. The van der Waals surface area contributed by atoms with Gasteiger partial charge in [0, 0.05) is 19.3 Å². The van der Waals surface area contributed by atoms with Crippen LogP contribution in [0.3, 0.4) is 0 Å². The predicted molar refractivity (Wildman–Crippen MR) is 62.1 cm³/mol. The largest absolute Gasteiger partial charge is 0.490 e. The van der Waals surface area contributed by atoms with E-state index < -0.39 is 0 Å². The Labute approximate surface area is 90.2 Å². The van der Waals surface area contributed by atoms with E-state index in [0.29, 0.717) is 19.7 Å². The lowest BCUT2D eigenvalue weighted by Gasteiger charge is -2.09. The number of hydrogen-bond donors (Lipinski definition) is 2. The highest BCUT2D eigenvalue weighted by atomic mass is 16.5. The second-order valence-electron chi connectivity index (χ2n) is 2.87. The summed E-state index contributed by atoms with van der Waals surface area (Å²) in [6.07, 6.45) is 5.60. The third-order valence-electron chi connectivity index (χ3n) is 1.76. The molecule has 0 unspecified atom stereocenters. The van der Waals surface area contributed by atoms with Gasteiger partial charge in [-0.05, 0) is 19.1 Å². The molecule has 0 aromatic carbocycles. The molecule has 0 aliphatic rings. The fourth-order valence-electron chi connectivity index (χ4n) is 1.13. The molecular weight excluding hydrogens is 190 g/mol. The standard InChI is InChI=1S/C11H17N3O/c1-2-15-10-6-5-9-14-11(10)13-8-4-3-7-12/h3-6,9H,2,7-8,12H2,1H3,(H,13,14)/b4-3+. The quantitative estimate of drug-likeness (QED) is 0.692. The molecule has 0 radical (unpaired) electrons. The summed E-state index contributed by atoms with van der Waals surface area (Å²) in [7, 11) is 0. The Morgan fingerprint density at radius 2 is 2.40 bits per heavy atom. The van der Waals surface area contributed by atoms with E-state index in [-0.39, 0.29) is 0 Å². The lowest BCUT2D eigenvalue weighted by atomic mass is 10.4. The average molecular weight is 207 g/mol. The number of rotatable bonds is 6. The molecule has 0 fully saturated rings. The normalized spacial score (nSPS) is 10.5. The van der Waals surface area contributed by atoms with Crippen LogP contribution in [0.1, 0.15) is 6.92 Å². The molecule has 0 saturated carbocycles. The lowest BCUT2D eigenvalue weighted by molar-refractivity contribution is 0.340. The van der Waals surface area contributed by atoms with E-state index in [1.807, 2.05) is 31.2 Å². The van der Waals surface area contributed by atoms with Crippen molar-refractivity contribution in [2.24, 2.45) is 5.73 Å². The maximum atomic E-state index is 5.42. The summed E-state index contributed by atoms with van der Waals surface area (Å²) >= 11 is 0. The first kappa shape index (κ1) is 11.5. The Hall–Kier alpha value is -1.55. The van der Waals surface area contributed by atoms with E-state index in [9.17, 15) is 0 Å². The molecule has 1 aromatic rings. The molecular formula is C11H17N3O. The maximum Gasteiger partial charge on any atom is 0.168 e. The molecule has 1 heterocycles. The van der Waals surface area contributed by atoms with Gasteiger partial charge in [-0.15, -0.1) is 0 Å². The van der Waals surface area contributed by atoms with E-state index in [2.05, 4.69) is 10.3 Å². The Morgan fingerprint density at radius 3 is 3.13 bits per heavy atom. The van der Waals surface area contributed by atoms with Crippen molar-refractivity contribution in [3.05, 3.63) is 30.5 Å². The minimum absolute atomic E-state index is 0.558. The highest BCUT2D eigenvalue weighted by Crippen LogP contribution is 2.20. The average Bonchev–Trinajstić information content (AvgIpc) is 2.27. The number of aromatic nitrogens is 1. The number of nitrogens with one attached hydrogen (secondary N) is 1. The third kappa shape index (κ3) is 3.99. The molecule has 0 amide bonds. The number of nitrogens with zero attached hydrogens (tertiary/aromatic N) is 1. The third-order valence-corrected chi connectivity index (χ3v) is 1.76. The van der Waals surface area contributed by atoms with Gasteiger partial charge in [0.05, 0.1) is 6.61 Å². The molecule has 0 spiro atoms. The highest BCUT2D eigenvalue weighted by molar-refractivity contribution is 5.49. The molecule has 1 rings (SSSR count). The van der Waals surface area contributed by atoms with Crippen molar-refractivity contribution in [3.63, 3.8) is 0 Å². The first-order chi connectivity index (χ1) is 7.38. The van der Waals surface area contributed by atoms with Gasteiger partial charge >= 0.3 is 0 Å². The molecule has 4 heteroatoms. The van der Waals surface area contributed by atoms with Gasteiger partial charge in [-0.3, -0.25) is 0 Å². The Morgan fingerprint density at radius 1 is 1.53 bits per heavy atom. The van der Waals surface area contributed by atoms with Crippen LogP contribution < -0.4 is 15.8 Å². The van der Waals surface area contributed by atoms with Gasteiger partial charge in [-0.25, -0.2) is 4.98 Å². The first-order valence-corrected chi connectivity index (χ1v) is 5.05. The highest BCUT2D eigenvalue weighted by Gasteiger charge is 2.00. The van der Waals surface area contributed by atoms with E-state index in [1.165, 1.54) is 0 Å². The first-order valence-electron chi connectivity index (χ1n) is 5.05. The summed E-state index contributed by atoms with van der Waals surface area (Å²) in [5.41, 5.74) is 5.33. The number of ether oxygens (including phenoxy) is 1. The van der Waals surface area contributed by atoms with Gasteiger partial charge in [-0.1, -0.05) is 12.2 Å². The molecule has 0 bridgehead atoms. The number of nitrogens with two attached hydrogens (primary N) is 1. The summed E-state index contributed by atoms with van der Waals surface area (Å²) in [5, 5.41) is 3.15. The van der Waals surface area contributed by atoms with Crippen LogP contribution in [0.2, 0.25) is 0 Å². The van der Waals surface area contributed by atoms with Crippen LogP contribution in [-0.2, 0) is 0 Å². The van der Waals surface area contributed by atoms with Crippen LogP contribution in [0.4, 0.5) is 5.82 Å². The van der Waals surface area contributed by atoms with E-state index >= 15 is 0 Å². The Bertz CT molecular complexity index is 312. The molecule has 82 valence electrons. The van der Waals surface area contributed by atoms with Gasteiger partial charge in [0.15, 0.2) is 11.6 Å². The topological polar surface area (TPSA) is 60.2 Å². The fraction of sp³-hybridized carbons (Fsp3) is 0.364. The number of pyridine rings is 1. The van der Waals surface area contributed by atoms with Crippen molar-refractivity contribution in [1.82, 2.24) is 4.98 Å². The molecule has 0 saturated heterocycles. The zero-order valence-corrected chi connectivity index (χ0v) is 8.94. The van der Waals surface area contributed by atoms with Crippen LogP contribution >= 0.6 is 0 Å². The Kier molecular flexibility index (Phi) is 5.25. The van der Waals surface area contributed by atoms with Gasteiger partial charge in [0.25, 0.3) is 0 Å². The van der Waals surface area contributed by atoms with E-state index in [0.717, 1.165) is 11.6 Å². The molecule has 1 aromatic heterocycles. The van der Waals surface area contributed by atoms with Crippen LogP contribution in [0.5, 0.6) is 5.75 Å². The molecule has 4 nitrogen and oxygen atoms in total. The summed E-state index contributed by atoms with van der Waals surface area (Å²) in [4.78, 5) is 4.19. The zero-order chi connectivity index (χ0) is 10.9. The Balaban J connectivity index is 2.55. The van der Waals surface area contributed by atoms with Crippen molar-refractivity contribution in [2.75, 3.05) is 25.0 Å². The van der Waals surface area contributed by atoms with Crippen LogP contribution in [0.15, 0.2) is 30.5 Å². The number of anilines is 1. The van der Waals surface area contributed by atoms with Crippen molar-refractivity contribution in [3.8, 4) is 5.75 Å². The molecule has 15 heavy (non-hydrogen) atoms. The van der Waals surface area contributed by atoms with Crippen molar-refractivity contribution in [1.29, 1.82) is 0 Å². The molecule has 0 aliphatic heterocycles. The second kappa shape index (κ2) is 6.84. The van der Waals surface area contributed by atoms with E-state index in [1.54, 1.807) is 6.20 Å². The van der Waals surface area contributed by atoms with Crippen molar-refractivity contribution < 1.29 is 4.74 Å². The predicted octanol–water partition coefficient (Wildman–Crippen LogP) is 1.41. The number of hydrogen-bond acceptors (Lipinski definition) is 4. The summed E-state index contributed by atoms with van der Waals surface area (Å²) < 4.78 is 5.42. The van der Waals surface area contributed by atoms with Crippen LogP contribution in [-0.4, -0.2) is 24.7 Å². The smallest absolute Gasteiger partial charge is 0.168 e. The summed E-state index contributed by atoms with van der Waals surface area (Å²) in [6, 6.07) is 3.75.